The predicted octanol–water partition coefficient (Wildman–Crippen LogP) is 6.84. The van der Waals surface area contributed by atoms with E-state index < -0.39 is 45.3 Å². The smallest absolute Gasteiger partial charge is 0.390 e. The molecule has 0 bridgehead atoms. The highest BCUT2D eigenvalue weighted by molar-refractivity contribution is 7.87. The SMILES string of the molecule is C=C(C)[C@@H]1CC[C@]2(COS(=O)(=O)C(F)(F)F)CC[C@]3(C)[C@H](CC[C@@H]4[C@@]5(C)C[C@H](O)[C@H](O)C(C)(C)[C@@H]5CC[C@]43C)[C@@H]12. The Bertz CT molecular complexity index is 1150. The van der Waals surface area contributed by atoms with Gasteiger partial charge in [0.15, 0.2) is 0 Å². The third-order valence-electron chi connectivity index (χ3n) is 14.0. The van der Waals surface area contributed by atoms with Crippen molar-refractivity contribution >= 4 is 10.1 Å². The lowest BCUT2D eigenvalue weighted by atomic mass is 9.32. The minimum Gasteiger partial charge on any atom is -0.390 e. The van der Waals surface area contributed by atoms with Crippen LogP contribution >= 0.6 is 0 Å². The van der Waals surface area contributed by atoms with E-state index in [0.717, 1.165) is 44.1 Å². The molecule has 5 aliphatic rings. The van der Waals surface area contributed by atoms with E-state index in [-0.39, 0.29) is 39.9 Å². The molecule has 5 nitrogen and oxygen atoms in total. The van der Waals surface area contributed by atoms with Crippen molar-refractivity contribution < 1.29 is 36.0 Å². The first-order valence-corrected chi connectivity index (χ1v) is 16.6. The van der Waals surface area contributed by atoms with Crippen molar-refractivity contribution in [3.05, 3.63) is 12.2 Å². The molecule has 0 aliphatic heterocycles. The van der Waals surface area contributed by atoms with Gasteiger partial charge in [0.2, 0.25) is 0 Å². The summed E-state index contributed by atoms with van der Waals surface area (Å²) in [5.41, 5.74) is -5.71. The van der Waals surface area contributed by atoms with Crippen LogP contribution in [0.3, 0.4) is 0 Å². The van der Waals surface area contributed by atoms with E-state index in [2.05, 4.69) is 41.2 Å². The second-order valence-electron chi connectivity index (χ2n) is 15.7. The summed E-state index contributed by atoms with van der Waals surface area (Å²) in [6.45, 7) is 17.2. The Labute approximate surface area is 238 Å². The number of rotatable bonds is 4. The molecule has 0 aromatic rings. The molecule has 2 N–H and O–H groups in total. The van der Waals surface area contributed by atoms with E-state index in [1.165, 1.54) is 0 Å². The summed E-state index contributed by atoms with van der Waals surface area (Å²) in [5, 5.41) is 22.0. The molecule has 5 fully saturated rings. The fraction of sp³-hybridized carbons (Fsp3) is 0.935. The van der Waals surface area contributed by atoms with Crippen molar-refractivity contribution in [1.29, 1.82) is 0 Å². The zero-order valence-electron chi connectivity index (χ0n) is 25.0. The number of hydrogen-bond acceptors (Lipinski definition) is 5. The molecule has 0 saturated heterocycles. The maximum atomic E-state index is 13.2. The monoisotopic (exact) mass is 590 g/mol. The lowest BCUT2D eigenvalue weighted by molar-refractivity contribution is -0.264. The van der Waals surface area contributed by atoms with Crippen molar-refractivity contribution in [2.75, 3.05) is 6.61 Å². The average molecular weight is 591 g/mol. The number of aliphatic hydroxyl groups is 2. The van der Waals surface area contributed by atoms with E-state index >= 15 is 0 Å². The molecule has 9 heteroatoms. The van der Waals surface area contributed by atoms with Gasteiger partial charge >= 0.3 is 15.6 Å². The van der Waals surface area contributed by atoms with Crippen molar-refractivity contribution in [3.63, 3.8) is 0 Å². The largest absolute Gasteiger partial charge is 0.523 e. The van der Waals surface area contributed by atoms with Crippen LogP contribution in [0.2, 0.25) is 0 Å². The molecule has 0 radical (unpaired) electrons. The molecule has 0 aromatic heterocycles. The molecule has 5 aliphatic carbocycles. The van der Waals surface area contributed by atoms with Crippen LogP contribution in [0.25, 0.3) is 0 Å². The number of allylic oxidation sites excluding steroid dienone is 1. The van der Waals surface area contributed by atoms with Crippen LogP contribution in [0.15, 0.2) is 12.2 Å². The second-order valence-corrected chi connectivity index (χ2v) is 17.4. The maximum Gasteiger partial charge on any atom is 0.523 e. The summed E-state index contributed by atoms with van der Waals surface area (Å²) >= 11 is 0. The van der Waals surface area contributed by atoms with Crippen molar-refractivity contribution in [1.82, 2.24) is 0 Å². The summed E-state index contributed by atoms with van der Waals surface area (Å²) in [6.07, 6.45) is 5.80. The quantitative estimate of drug-likeness (QED) is 0.213. The van der Waals surface area contributed by atoms with E-state index in [9.17, 15) is 31.8 Å². The van der Waals surface area contributed by atoms with Crippen molar-refractivity contribution in [2.45, 2.75) is 117 Å². The van der Waals surface area contributed by atoms with E-state index in [0.29, 0.717) is 25.2 Å². The number of alkyl halides is 3. The van der Waals surface area contributed by atoms with Gasteiger partial charge in [0, 0.05) is 0 Å². The summed E-state index contributed by atoms with van der Waals surface area (Å²) < 4.78 is 68.4. The normalized spacial score (nSPS) is 50.3. The molecule has 11 atom stereocenters. The molecule has 0 unspecified atom stereocenters. The number of aliphatic hydroxyl groups excluding tert-OH is 2. The molecule has 40 heavy (non-hydrogen) atoms. The van der Waals surface area contributed by atoms with Crippen LogP contribution in [0.1, 0.15) is 99.3 Å². The third kappa shape index (κ3) is 3.98. The van der Waals surface area contributed by atoms with Crippen LogP contribution in [0, 0.1) is 56.7 Å². The highest BCUT2D eigenvalue weighted by Gasteiger charge is 2.71. The molecular weight excluding hydrogens is 541 g/mol. The fourth-order valence-corrected chi connectivity index (χ4v) is 12.5. The van der Waals surface area contributed by atoms with E-state index in [4.69, 9.17) is 4.18 Å². The van der Waals surface area contributed by atoms with Crippen LogP contribution < -0.4 is 0 Å². The molecule has 0 heterocycles. The Morgan fingerprint density at radius 1 is 0.925 bits per heavy atom. The Morgan fingerprint density at radius 2 is 1.57 bits per heavy atom. The highest BCUT2D eigenvalue weighted by Crippen LogP contribution is 2.77. The Balaban J connectivity index is 1.52. The minimum atomic E-state index is -5.66. The van der Waals surface area contributed by atoms with Crippen LogP contribution in [-0.2, 0) is 14.3 Å². The van der Waals surface area contributed by atoms with Gasteiger partial charge in [0.05, 0.1) is 18.8 Å². The minimum absolute atomic E-state index is 0.0192. The molecule has 5 saturated carbocycles. The molecule has 0 aromatic carbocycles. The maximum absolute atomic E-state index is 13.2. The first-order valence-electron chi connectivity index (χ1n) is 15.2. The molecule has 5 rings (SSSR count). The van der Waals surface area contributed by atoms with Gasteiger partial charge in [-0.15, -0.1) is 0 Å². The lowest BCUT2D eigenvalue weighted by Gasteiger charge is -2.73. The van der Waals surface area contributed by atoms with E-state index in [1.807, 2.05) is 6.92 Å². The number of halogens is 3. The summed E-state index contributed by atoms with van der Waals surface area (Å²) in [5.74, 6) is 0.997. The summed E-state index contributed by atoms with van der Waals surface area (Å²) in [6, 6.07) is 0. The van der Waals surface area contributed by atoms with E-state index in [1.54, 1.807) is 0 Å². The zero-order chi connectivity index (χ0) is 29.9. The van der Waals surface area contributed by atoms with Gasteiger partial charge < -0.3 is 10.2 Å². The van der Waals surface area contributed by atoms with Crippen LogP contribution in [0.4, 0.5) is 13.2 Å². The van der Waals surface area contributed by atoms with Crippen molar-refractivity contribution in [3.8, 4) is 0 Å². The average Bonchev–Trinajstić information content (AvgIpc) is 3.21. The van der Waals surface area contributed by atoms with Crippen LogP contribution in [-0.4, -0.2) is 43.0 Å². The van der Waals surface area contributed by atoms with Gasteiger partial charge in [0.1, 0.15) is 0 Å². The molecule has 0 spiro atoms. The van der Waals surface area contributed by atoms with Crippen molar-refractivity contribution in [2.24, 2.45) is 56.7 Å². The number of hydrogen-bond donors (Lipinski definition) is 2. The van der Waals surface area contributed by atoms with Gasteiger partial charge in [-0.3, -0.25) is 4.18 Å². The van der Waals surface area contributed by atoms with Gasteiger partial charge in [-0.05, 0) is 121 Å². The number of fused-ring (bicyclic) bond motifs is 7. The predicted molar refractivity (Wildman–Crippen MR) is 147 cm³/mol. The Morgan fingerprint density at radius 3 is 2.17 bits per heavy atom. The standard InChI is InChI=1S/C31H49F3O5S/c1-18(2)19-10-13-30(17-39-40(37,38)31(32,33)34)15-14-28(6)20(24(19)30)8-9-23-27(5)16-21(35)25(36)26(3,4)22(27)11-12-29(23,28)7/h19-25,35-36H,1,8-17H2,2-7H3/t19-,20+,21-,22-,23+,24+,25-,27-,28+,29+,30+/m0/s1. The molecular formula is C31H49F3O5S. The highest BCUT2D eigenvalue weighted by atomic mass is 32.2. The Kier molecular flexibility index (Phi) is 7.07. The zero-order valence-corrected chi connectivity index (χ0v) is 25.8. The lowest BCUT2D eigenvalue weighted by Crippen LogP contribution is -2.68. The fourth-order valence-electron chi connectivity index (χ4n) is 11.9. The summed E-state index contributed by atoms with van der Waals surface area (Å²) in [7, 11) is -5.66. The first-order chi connectivity index (χ1) is 18.2. The van der Waals surface area contributed by atoms with Gasteiger partial charge in [-0.1, -0.05) is 46.8 Å². The summed E-state index contributed by atoms with van der Waals surface area (Å²) in [4.78, 5) is 0. The van der Waals surface area contributed by atoms with Crippen LogP contribution in [0.5, 0.6) is 0 Å². The van der Waals surface area contributed by atoms with Gasteiger partial charge in [-0.25, -0.2) is 0 Å². The third-order valence-corrected chi connectivity index (χ3v) is 15.0. The topological polar surface area (TPSA) is 83.8 Å². The Hall–Kier alpha value is -0.640. The molecule has 0 amide bonds. The molecule has 230 valence electrons. The second kappa shape index (κ2) is 9.18. The van der Waals surface area contributed by atoms with Gasteiger partial charge in [0.25, 0.3) is 0 Å². The van der Waals surface area contributed by atoms with Gasteiger partial charge in [-0.2, -0.15) is 21.6 Å². The first kappa shape index (κ1) is 30.8.